The summed E-state index contributed by atoms with van der Waals surface area (Å²) in [6.07, 6.45) is 0.956. The molecule has 0 fully saturated rings. The molecule has 0 radical (unpaired) electrons. The van der Waals surface area contributed by atoms with E-state index in [4.69, 9.17) is 0 Å². The van der Waals surface area contributed by atoms with E-state index in [2.05, 4.69) is 27.7 Å². The van der Waals surface area contributed by atoms with Gasteiger partial charge in [0.15, 0.2) is 0 Å². The first-order chi connectivity index (χ1) is 3.18. The van der Waals surface area contributed by atoms with E-state index in [1.807, 2.05) is 0 Å². The summed E-state index contributed by atoms with van der Waals surface area (Å²) < 4.78 is 0. The Bertz CT molecular complexity index is 41.7. The van der Waals surface area contributed by atoms with Crippen molar-refractivity contribution in [1.82, 2.24) is 0 Å². The molecule has 1 atom stereocenters. The van der Waals surface area contributed by atoms with Crippen LogP contribution < -0.4 is 0 Å². The summed E-state index contributed by atoms with van der Waals surface area (Å²) in [5.74, 6) is 1.23. The SMILES string of the molecule is [CH2-]CC([CH2-])C(C)C.[U+2]. The van der Waals surface area contributed by atoms with Gasteiger partial charge >= 0.3 is 31.1 Å². The van der Waals surface area contributed by atoms with Crippen molar-refractivity contribution < 1.29 is 31.1 Å². The molecule has 0 aromatic rings. The Morgan fingerprint density at radius 1 is 1.38 bits per heavy atom. The zero-order chi connectivity index (χ0) is 5.86. The van der Waals surface area contributed by atoms with E-state index in [1.54, 1.807) is 0 Å². The Morgan fingerprint density at radius 2 is 1.75 bits per heavy atom. The van der Waals surface area contributed by atoms with Crippen molar-refractivity contribution in [3.8, 4) is 0 Å². The van der Waals surface area contributed by atoms with Gasteiger partial charge in [0.05, 0.1) is 0 Å². The summed E-state index contributed by atoms with van der Waals surface area (Å²) in [5.41, 5.74) is 0. The molecule has 0 aliphatic carbocycles. The third-order valence-electron chi connectivity index (χ3n) is 1.31. The van der Waals surface area contributed by atoms with Crippen LogP contribution in [0, 0.1) is 56.8 Å². The Labute approximate surface area is 76.8 Å². The van der Waals surface area contributed by atoms with Gasteiger partial charge < -0.3 is 13.8 Å². The van der Waals surface area contributed by atoms with Crippen LogP contribution in [0.2, 0.25) is 0 Å². The maximum absolute atomic E-state index is 3.89. The smallest absolute Gasteiger partial charge is 0.345 e. The normalized spacial score (nSPS) is 13.1. The molecule has 0 rings (SSSR count). The number of rotatable bonds is 2. The fraction of sp³-hybridized carbons (Fsp3) is 0.714. The van der Waals surface area contributed by atoms with Crippen LogP contribution in [0.15, 0.2) is 0 Å². The molecular weight excluding hydrogens is 322 g/mol. The molecule has 0 heterocycles. The van der Waals surface area contributed by atoms with Gasteiger partial charge in [-0.1, -0.05) is 19.8 Å². The van der Waals surface area contributed by atoms with Gasteiger partial charge in [-0.3, -0.25) is 0 Å². The predicted molar refractivity (Wildman–Crippen MR) is 33.7 cm³/mol. The van der Waals surface area contributed by atoms with Crippen LogP contribution >= 0.6 is 0 Å². The first kappa shape index (κ1) is 11.8. The van der Waals surface area contributed by atoms with Gasteiger partial charge in [-0.25, -0.2) is 6.42 Å². The second-order valence-corrected chi connectivity index (χ2v) is 2.29. The van der Waals surface area contributed by atoms with Crippen LogP contribution in [-0.2, 0) is 0 Å². The van der Waals surface area contributed by atoms with E-state index in [0.29, 0.717) is 11.8 Å². The number of hydrogen-bond donors (Lipinski definition) is 0. The van der Waals surface area contributed by atoms with Gasteiger partial charge in [-0.2, -0.15) is 5.92 Å². The molecule has 0 saturated carbocycles. The summed E-state index contributed by atoms with van der Waals surface area (Å²) in [4.78, 5) is 0. The third kappa shape index (κ3) is 5.19. The second-order valence-electron chi connectivity index (χ2n) is 2.29. The molecular formula is C7H14U. The van der Waals surface area contributed by atoms with Gasteiger partial charge in [0.25, 0.3) is 0 Å². The zero-order valence-electron chi connectivity index (χ0n) is 5.78. The minimum Gasteiger partial charge on any atom is -0.345 e. The van der Waals surface area contributed by atoms with E-state index < -0.39 is 0 Å². The largest absolute Gasteiger partial charge is 2.00 e. The molecule has 8 heavy (non-hydrogen) atoms. The van der Waals surface area contributed by atoms with Crippen molar-refractivity contribution in [3.05, 3.63) is 13.8 Å². The summed E-state index contributed by atoms with van der Waals surface area (Å²) in [6.45, 7) is 12.0. The molecule has 0 nitrogen and oxygen atoms in total. The van der Waals surface area contributed by atoms with Crippen molar-refractivity contribution in [3.63, 3.8) is 0 Å². The minimum atomic E-state index is 0. The van der Waals surface area contributed by atoms with Gasteiger partial charge in [-0.05, 0) is 0 Å². The predicted octanol–water partition coefficient (Wildman–Crippen LogP) is 2.32. The molecule has 0 aromatic heterocycles. The molecule has 0 bridgehead atoms. The van der Waals surface area contributed by atoms with Crippen molar-refractivity contribution in [2.24, 2.45) is 11.8 Å². The molecule has 0 aliphatic heterocycles. The molecule has 0 aliphatic rings. The first-order valence-corrected chi connectivity index (χ1v) is 2.80. The third-order valence-corrected chi connectivity index (χ3v) is 1.31. The fourth-order valence-corrected chi connectivity index (χ4v) is 0.333. The summed E-state index contributed by atoms with van der Waals surface area (Å²) in [7, 11) is 0. The first-order valence-electron chi connectivity index (χ1n) is 2.80. The standard InChI is InChI=1S/C7H14.U/c1-5-7(4)6(2)3;/h6-7H,1,4-5H2,2-3H3;/q-2;+2. The van der Waals surface area contributed by atoms with Crippen molar-refractivity contribution in [1.29, 1.82) is 0 Å². The average Bonchev–Trinajstić information content (AvgIpc) is 1.65. The van der Waals surface area contributed by atoms with Crippen LogP contribution in [0.25, 0.3) is 0 Å². The Hall–Kier alpha value is 1.05. The van der Waals surface area contributed by atoms with Crippen molar-refractivity contribution in [2.75, 3.05) is 0 Å². The Kier molecular flexibility index (Phi) is 9.11. The number of hydrogen-bond acceptors (Lipinski definition) is 0. The molecule has 0 saturated heterocycles. The van der Waals surface area contributed by atoms with Gasteiger partial charge in [0.2, 0.25) is 0 Å². The quantitative estimate of drug-likeness (QED) is 0.679. The maximum Gasteiger partial charge on any atom is 2.00 e. The van der Waals surface area contributed by atoms with Crippen molar-refractivity contribution in [2.45, 2.75) is 20.3 Å². The topological polar surface area (TPSA) is 0 Å². The van der Waals surface area contributed by atoms with E-state index in [1.165, 1.54) is 0 Å². The van der Waals surface area contributed by atoms with Gasteiger partial charge in [-0.15, -0.1) is 0 Å². The monoisotopic (exact) mass is 336 g/mol. The van der Waals surface area contributed by atoms with E-state index in [-0.39, 0.29) is 31.1 Å². The van der Waals surface area contributed by atoms with E-state index in [0.717, 1.165) is 6.42 Å². The molecule has 0 spiro atoms. The summed E-state index contributed by atoms with van der Waals surface area (Å²) in [5, 5.41) is 0. The maximum atomic E-state index is 3.89. The second kappa shape index (κ2) is 6.18. The van der Waals surface area contributed by atoms with Crippen LogP contribution in [-0.4, -0.2) is 0 Å². The average molecular weight is 336 g/mol. The molecule has 0 N–H and O–H groups in total. The summed E-state index contributed by atoms with van der Waals surface area (Å²) in [6, 6.07) is 0. The molecule has 0 amide bonds. The molecule has 0 aromatic carbocycles. The van der Waals surface area contributed by atoms with Gasteiger partial charge in [0.1, 0.15) is 0 Å². The fourth-order valence-electron chi connectivity index (χ4n) is 0.333. The van der Waals surface area contributed by atoms with Crippen LogP contribution in [0.1, 0.15) is 20.3 Å². The van der Waals surface area contributed by atoms with Crippen molar-refractivity contribution >= 4 is 0 Å². The van der Waals surface area contributed by atoms with Crippen LogP contribution in [0.5, 0.6) is 0 Å². The molecule has 46 valence electrons. The van der Waals surface area contributed by atoms with E-state index >= 15 is 0 Å². The van der Waals surface area contributed by atoms with Crippen LogP contribution in [0.3, 0.4) is 0 Å². The molecule has 1 unspecified atom stereocenters. The summed E-state index contributed by atoms with van der Waals surface area (Å²) >= 11 is 0. The Balaban J connectivity index is 0. The van der Waals surface area contributed by atoms with Crippen LogP contribution in [0.4, 0.5) is 0 Å². The van der Waals surface area contributed by atoms with Gasteiger partial charge in [0, 0.05) is 0 Å². The molecule has 1 heteroatoms. The van der Waals surface area contributed by atoms with E-state index in [9.17, 15) is 0 Å². The zero-order valence-corrected chi connectivity index (χ0v) is 9.94. The Morgan fingerprint density at radius 3 is 1.75 bits per heavy atom. The minimum absolute atomic E-state index is 0.